The summed E-state index contributed by atoms with van der Waals surface area (Å²) in [7, 11) is 1.54. The Bertz CT molecular complexity index is 495. The fourth-order valence-electron chi connectivity index (χ4n) is 1.50. The molecule has 0 saturated carbocycles. The van der Waals surface area contributed by atoms with Gasteiger partial charge in [0, 0.05) is 26.3 Å². The van der Waals surface area contributed by atoms with Crippen molar-refractivity contribution >= 4 is 40.7 Å². The normalized spacial score (nSPS) is 10.2. The second kappa shape index (κ2) is 8.09. The monoisotopic (exact) mass is 318 g/mol. The molecule has 0 heterocycles. The minimum absolute atomic E-state index is 0.0427. The number of rotatable bonds is 6. The molecule has 0 fully saturated rings. The van der Waals surface area contributed by atoms with Crippen molar-refractivity contribution in [1.82, 2.24) is 4.90 Å². The van der Waals surface area contributed by atoms with Gasteiger partial charge >= 0.3 is 0 Å². The molecule has 1 aromatic carbocycles. The zero-order valence-electron chi connectivity index (χ0n) is 11.3. The molecular formula is C13H16Cl2N2O3. The van der Waals surface area contributed by atoms with Crippen molar-refractivity contribution in [1.29, 1.82) is 0 Å². The van der Waals surface area contributed by atoms with E-state index in [4.69, 9.17) is 27.9 Å². The predicted octanol–water partition coefficient (Wildman–Crippen LogP) is 2.43. The second-order valence-corrected chi connectivity index (χ2v) is 4.92. The first kappa shape index (κ1) is 16.8. The highest BCUT2D eigenvalue weighted by Gasteiger charge is 2.13. The number of hydrogen-bond acceptors (Lipinski definition) is 3. The lowest BCUT2D eigenvalue weighted by Crippen LogP contribution is -2.38. The number of amides is 2. The molecule has 1 aromatic rings. The van der Waals surface area contributed by atoms with Crippen LogP contribution in [0.2, 0.25) is 10.0 Å². The topological polar surface area (TPSA) is 58.6 Å². The van der Waals surface area contributed by atoms with Crippen molar-refractivity contribution < 1.29 is 14.3 Å². The van der Waals surface area contributed by atoms with Crippen LogP contribution in [0.1, 0.15) is 6.92 Å². The van der Waals surface area contributed by atoms with E-state index in [9.17, 15) is 9.59 Å². The molecule has 1 rings (SSSR count). The molecule has 0 aliphatic carbocycles. The lowest BCUT2D eigenvalue weighted by Gasteiger charge is -2.20. The van der Waals surface area contributed by atoms with Crippen LogP contribution >= 0.6 is 23.2 Å². The van der Waals surface area contributed by atoms with Gasteiger partial charge in [-0.25, -0.2) is 0 Å². The molecule has 1 N–H and O–H groups in total. The second-order valence-electron chi connectivity index (χ2n) is 4.11. The minimum Gasteiger partial charge on any atom is -0.383 e. The van der Waals surface area contributed by atoms with Gasteiger partial charge in [0.1, 0.15) is 0 Å². The SMILES string of the molecule is COCCN(CC(=O)Nc1ccc(Cl)c(Cl)c1)C(C)=O. The molecule has 7 heteroatoms. The maximum Gasteiger partial charge on any atom is 0.243 e. The molecule has 0 aliphatic heterocycles. The van der Waals surface area contributed by atoms with Gasteiger partial charge in [0.2, 0.25) is 11.8 Å². The van der Waals surface area contributed by atoms with Crippen LogP contribution in [0.15, 0.2) is 18.2 Å². The van der Waals surface area contributed by atoms with E-state index in [1.165, 1.54) is 18.9 Å². The Morgan fingerprint density at radius 1 is 1.30 bits per heavy atom. The Morgan fingerprint density at radius 3 is 2.55 bits per heavy atom. The van der Waals surface area contributed by atoms with Crippen molar-refractivity contribution in [3.8, 4) is 0 Å². The number of nitrogens with one attached hydrogen (secondary N) is 1. The lowest BCUT2D eigenvalue weighted by atomic mass is 10.3. The summed E-state index contributed by atoms with van der Waals surface area (Å²) >= 11 is 11.6. The fraction of sp³-hybridized carbons (Fsp3) is 0.385. The van der Waals surface area contributed by atoms with Crippen molar-refractivity contribution in [2.24, 2.45) is 0 Å². The summed E-state index contributed by atoms with van der Waals surface area (Å²) in [6.07, 6.45) is 0. The van der Waals surface area contributed by atoms with Gasteiger partial charge in [0.15, 0.2) is 0 Å². The number of halogens is 2. The highest BCUT2D eigenvalue weighted by atomic mass is 35.5. The van der Waals surface area contributed by atoms with E-state index < -0.39 is 0 Å². The first-order chi connectivity index (χ1) is 9.43. The Kier molecular flexibility index (Phi) is 6.78. The number of nitrogens with zero attached hydrogens (tertiary/aromatic N) is 1. The molecule has 2 amide bonds. The summed E-state index contributed by atoms with van der Waals surface area (Å²) in [6, 6.07) is 4.78. The highest BCUT2D eigenvalue weighted by Crippen LogP contribution is 2.24. The van der Waals surface area contributed by atoms with E-state index in [2.05, 4.69) is 5.32 Å². The quantitative estimate of drug-likeness (QED) is 0.876. The van der Waals surface area contributed by atoms with Crippen molar-refractivity contribution in [2.75, 3.05) is 32.1 Å². The summed E-state index contributed by atoms with van der Waals surface area (Å²) in [6.45, 7) is 2.10. The molecule has 0 spiro atoms. The highest BCUT2D eigenvalue weighted by molar-refractivity contribution is 6.42. The van der Waals surface area contributed by atoms with Gasteiger partial charge in [-0.3, -0.25) is 9.59 Å². The lowest BCUT2D eigenvalue weighted by molar-refractivity contribution is -0.133. The van der Waals surface area contributed by atoms with Crippen LogP contribution in [0.25, 0.3) is 0 Å². The van der Waals surface area contributed by atoms with Crippen LogP contribution in [-0.2, 0) is 14.3 Å². The maximum absolute atomic E-state index is 11.9. The van der Waals surface area contributed by atoms with Crippen LogP contribution < -0.4 is 5.32 Å². The molecule has 0 bridgehead atoms. The molecule has 5 nitrogen and oxygen atoms in total. The Balaban J connectivity index is 2.60. The zero-order chi connectivity index (χ0) is 15.1. The number of methoxy groups -OCH3 is 1. The van der Waals surface area contributed by atoms with Gasteiger partial charge in [-0.15, -0.1) is 0 Å². The van der Waals surface area contributed by atoms with E-state index in [0.29, 0.717) is 28.9 Å². The van der Waals surface area contributed by atoms with Crippen molar-refractivity contribution in [3.63, 3.8) is 0 Å². The predicted molar refractivity (Wildman–Crippen MR) is 79.2 cm³/mol. The van der Waals surface area contributed by atoms with Gasteiger partial charge in [-0.05, 0) is 18.2 Å². The largest absolute Gasteiger partial charge is 0.383 e. The Labute approximate surface area is 127 Å². The number of anilines is 1. The maximum atomic E-state index is 11.9. The molecule has 0 saturated heterocycles. The number of carbonyl (C=O) groups excluding carboxylic acids is 2. The standard InChI is InChI=1S/C13H16Cl2N2O3/c1-9(18)17(5-6-20-2)8-13(19)16-10-3-4-11(14)12(15)7-10/h3-4,7H,5-6,8H2,1-2H3,(H,16,19). The van der Waals surface area contributed by atoms with Crippen LogP contribution in [0, 0.1) is 0 Å². The van der Waals surface area contributed by atoms with Crippen LogP contribution in [-0.4, -0.2) is 43.5 Å². The zero-order valence-corrected chi connectivity index (χ0v) is 12.8. The molecule has 0 aromatic heterocycles. The van der Waals surface area contributed by atoms with Crippen LogP contribution in [0.5, 0.6) is 0 Å². The molecule has 0 atom stereocenters. The summed E-state index contributed by atoms with van der Waals surface area (Å²) in [5, 5.41) is 3.42. The molecule has 20 heavy (non-hydrogen) atoms. The summed E-state index contributed by atoms with van der Waals surface area (Å²) in [5.41, 5.74) is 0.527. The smallest absolute Gasteiger partial charge is 0.243 e. The van der Waals surface area contributed by atoms with Gasteiger partial charge in [0.25, 0.3) is 0 Å². The summed E-state index contributed by atoms with van der Waals surface area (Å²) in [4.78, 5) is 24.7. The third-order valence-electron chi connectivity index (χ3n) is 2.55. The molecule has 0 aliphatic rings. The summed E-state index contributed by atoms with van der Waals surface area (Å²) in [5.74, 6) is -0.499. The van der Waals surface area contributed by atoms with E-state index >= 15 is 0 Å². The fourth-order valence-corrected chi connectivity index (χ4v) is 1.80. The van der Waals surface area contributed by atoms with Gasteiger partial charge in [-0.2, -0.15) is 0 Å². The number of carbonyl (C=O) groups is 2. The van der Waals surface area contributed by atoms with Crippen LogP contribution in [0.3, 0.4) is 0 Å². The molecule has 0 unspecified atom stereocenters. The first-order valence-corrected chi connectivity index (χ1v) is 6.69. The Hall–Kier alpha value is -1.30. The summed E-state index contributed by atoms with van der Waals surface area (Å²) < 4.78 is 4.89. The van der Waals surface area contributed by atoms with Crippen molar-refractivity contribution in [2.45, 2.75) is 6.92 Å². The third kappa shape index (κ3) is 5.36. The minimum atomic E-state index is -0.310. The molecular weight excluding hydrogens is 303 g/mol. The van der Waals surface area contributed by atoms with E-state index in [1.807, 2.05) is 0 Å². The third-order valence-corrected chi connectivity index (χ3v) is 3.29. The van der Waals surface area contributed by atoms with Crippen molar-refractivity contribution in [3.05, 3.63) is 28.2 Å². The average Bonchev–Trinajstić information content (AvgIpc) is 2.38. The number of benzene rings is 1. The first-order valence-electron chi connectivity index (χ1n) is 5.93. The van der Waals surface area contributed by atoms with E-state index in [1.54, 1.807) is 18.2 Å². The molecule has 0 radical (unpaired) electrons. The average molecular weight is 319 g/mol. The van der Waals surface area contributed by atoms with E-state index in [-0.39, 0.29) is 18.4 Å². The van der Waals surface area contributed by atoms with Crippen LogP contribution in [0.4, 0.5) is 5.69 Å². The van der Waals surface area contributed by atoms with Gasteiger partial charge in [0.05, 0.1) is 23.2 Å². The van der Waals surface area contributed by atoms with Gasteiger partial charge in [-0.1, -0.05) is 23.2 Å². The van der Waals surface area contributed by atoms with E-state index in [0.717, 1.165) is 0 Å². The van der Waals surface area contributed by atoms with Gasteiger partial charge < -0.3 is 15.0 Å². The molecule has 110 valence electrons. The number of hydrogen-bond donors (Lipinski definition) is 1. The Morgan fingerprint density at radius 2 is 2.00 bits per heavy atom. The number of ether oxygens (including phenoxy) is 1.